The molecule has 110 valence electrons. The average molecular weight is 277 g/mol. The Labute approximate surface area is 120 Å². The van der Waals surface area contributed by atoms with Crippen LogP contribution in [0.1, 0.15) is 39.0 Å². The number of aromatic nitrogens is 1. The van der Waals surface area contributed by atoms with Gasteiger partial charge >= 0.3 is 0 Å². The van der Waals surface area contributed by atoms with Crippen LogP contribution in [0.15, 0.2) is 12.3 Å². The van der Waals surface area contributed by atoms with Crippen molar-refractivity contribution in [3.05, 3.63) is 23.5 Å². The van der Waals surface area contributed by atoms with Gasteiger partial charge in [-0.05, 0) is 30.9 Å². The van der Waals surface area contributed by atoms with Crippen LogP contribution in [0.2, 0.25) is 0 Å². The van der Waals surface area contributed by atoms with E-state index in [1.165, 1.54) is 6.92 Å². The minimum Gasteiger partial charge on any atom is -0.344 e. The number of aryl methyl sites for hydroxylation is 2. The summed E-state index contributed by atoms with van der Waals surface area (Å²) >= 11 is 0. The third kappa shape index (κ3) is 4.33. The first-order chi connectivity index (χ1) is 9.11. The highest BCUT2D eigenvalue weighted by Gasteiger charge is 2.32. The summed E-state index contributed by atoms with van der Waals surface area (Å²) < 4.78 is 0. The maximum absolute atomic E-state index is 12.3. The normalized spacial score (nSPS) is 12.7. The first-order valence-corrected chi connectivity index (χ1v) is 6.62. The van der Waals surface area contributed by atoms with Crippen molar-refractivity contribution in [1.82, 2.24) is 10.3 Å². The molecule has 2 amide bonds. The number of anilines is 1. The van der Waals surface area contributed by atoms with Gasteiger partial charge in [0.1, 0.15) is 6.04 Å². The van der Waals surface area contributed by atoms with Crippen molar-refractivity contribution in [2.45, 2.75) is 47.6 Å². The molecule has 5 heteroatoms. The predicted molar refractivity (Wildman–Crippen MR) is 79.4 cm³/mol. The maximum atomic E-state index is 12.3. The van der Waals surface area contributed by atoms with Gasteiger partial charge in [-0.15, -0.1) is 0 Å². The number of carbonyl (C=O) groups excluding carboxylic acids is 2. The third-order valence-electron chi connectivity index (χ3n) is 3.08. The van der Waals surface area contributed by atoms with Gasteiger partial charge in [0, 0.05) is 12.6 Å². The first kappa shape index (κ1) is 16.1. The lowest BCUT2D eigenvalue weighted by Crippen LogP contribution is -2.50. The molecule has 1 heterocycles. The van der Waals surface area contributed by atoms with Gasteiger partial charge in [0.15, 0.2) is 0 Å². The molecule has 0 bridgehead atoms. The second-order valence-corrected chi connectivity index (χ2v) is 6.12. The minimum atomic E-state index is -0.596. The van der Waals surface area contributed by atoms with Crippen LogP contribution in [-0.4, -0.2) is 22.8 Å². The summed E-state index contributed by atoms with van der Waals surface area (Å²) in [6.07, 6.45) is 1.62. The van der Waals surface area contributed by atoms with E-state index in [0.717, 1.165) is 11.3 Å². The van der Waals surface area contributed by atoms with Gasteiger partial charge in [-0.1, -0.05) is 20.8 Å². The summed E-state index contributed by atoms with van der Waals surface area (Å²) in [7, 11) is 0. The summed E-state index contributed by atoms with van der Waals surface area (Å²) in [5.41, 5.74) is 2.20. The summed E-state index contributed by atoms with van der Waals surface area (Å²) in [4.78, 5) is 27.8. The molecule has 20 heavy (non-hydrogen) atoms. The third-order valence-corrected chi connectivity index (χ3v) is 3.08. The molecule has 2 N–H and O–H groups in total. The van der Waals surface area contributed by atoms with Gasteiger partial charge in [0.05, 0.1) is 11.9 Å². The molecule has 5 nitrogen and oxygen atoms in total. The standard InChI is InChI=1S/C15H23N3O2/c1-9-7-12(8-16-10(9)2)18-14(20)13(15(4,5)6)17-11(3)19/h7-8,13H,1-6H3,(H,17,19)(H,18,20)/t13-/m0/s1. The van der Waals surface area contributed by atoms with Crippen LogP contribution in [0.5, 0.6) is 0 Å². The highest BCUT2D eigenvalue weighted by Crippen LogP contribution is 2.21. The fourth-order valence-corrected chi connectivity index (χ4v) is 1.80. The summed E-state index contributed by atoms with van der Waals surface area (Å²) in [5, 5.41) is 5.50. The van der Waals surface area contributed by atoms with Crippen molar-refractivity contribution in [1.29, 1.82) is 0 Å². The zero-order valence-electron chi connectivity index (χ0n) is 13.0. The largest absolute Gasteiger partial charge is 0.344 e. The Bertz CT molecular complexity index is 518. The van der Waals surface area contributed by atoms with E-state index in [9.17, 15) is 9.59 Å². The Morgan fingerprint density at radius 1 is 1.25 bits per heavy atom. The van der Waals surface area contributed by atoms with Gasteiger partial charge in [-0.2, -0.15) is 0 Å². The summed E-state index contributed by atoms with van der Waals surface area (Å²) in [6.45, 7) is 11.0. The van der Waals surface area contributed by atoms with Crippen LogP contribution in [-0.2, 0) is 9.59 Å². The quantitative estimate of drug-likeness (QED) is 0.889. The lowest BCUT2D eigenvalue weighted by atomic mass is 9.86. The lowest BCUT2D eigenvalue weighted by molar-refractivity contribution is -0.127. The number of carbonyl (C=O) groups is 2. The molecule has 0 fully saturated rings. The van der Waals surface area contributed by atoms with Gasteiger partial charge in [-0.3, -0.25) is 14.6 Å². The van der Waals surface area contributed by atoms with Gasteiger partial charge < -0.3 is 10.6 Å². The molecule has 0 saturated carbocycles. The number of hydrogen-bond donors (Lipinski definition) is 2. The number of pyridine rings is 1. The van der Waals surface area contributed by atoms with E-state index in [1.807, 2.05) is 40.7 Å². The molecule has 0 unspecified atom stereocenters. The van der Waals surface area contributed by atoms with Crippen LogP contribution >= 0.6 is 0 Å². The van der Waals surface area contributed by atoms with E-state index in [4.69, 9.17) is 0 Å². The van der Waals surface area contributed by atoms with Crippen LogP contribution in [0.25, 0.3) is 0 Å². The molecule has 1 aromatic heterocycles. The molecule has 0 spiro atoms. The van der Waals surface area contributed by atoms with Crippen LogP contribution in [0.4, 0.5) is 5.69 Å². The zero-order valence-corrected chi connectivity index (χ0v) is 13.0. The Morgan fingerprint density at radius 2 is 1.85 bits per heavy atom. The van der Waals surface area contributed by atoms with Crippen molar-refractivity contribution >= 4 is 17.5 Å². The van der Waals surface area contributed by atoms with Gasteiger partial charge in [0.25, 0.3) is 0 Å². The molecule has 1 aromatic rings. The Kier molecular flexibility index (Phi) is 4.87. The number of nitrogens with zero attached hydrogens (tertiary/aromatic N) is 1. The summed E-state index contributed by atoms with van der Waals surface area (Å²) in [5.74, 6) is -0.462. The number of hydrogen-bond acceptors (Lipinski definition) is 3. The molecular formula is C15H23N3O2. The van der Waals surface area contributed by atoms with E-state index < -0.39 is 6.04 Å². The molecule has 0 aliphatic heterocycles. The SMILES string of the molecule is CC(=O)N[C@@H](C(=O)Nc1cnc(C)c(C)c1)C(C)(C)C. The first-order valence-electron chi connectivity index (χ1n) is 6.62. The number of rotatable bonds is 3. The molecule has 1 rings (SSSR count). The van der Waals surface area contributed by atoms with Crippen LogP contribution < -0.4 is 10.6 Å². The molecule has 0 aromatic carbocycles. The Balaban J connectivity index is 2.90. The molecule has 1 atom stereocenters. The molecule has 0 aliphatic rings. The maximum Gasteiger partial charge on any atom is 0.247 e. The van der Waals surface area contributed by atoms with E-state index in [1.54, 1.807) is 6.20 Å². The number of amides is 2. The van der Waals surface area contributed by atoms with E-state index >= 15 is 0 Å². The minimum absolute atomic E-state index is 0.224. The van der Waals surface area contributed by atoms with E-state index in [2.05, 4.69) is 15.6 Å². The Hall–Kier alpha value is -1.91. The fourth-order valence-electron chi connectivity index (χ4n) is 1.80. The molecule has 0 saturated heterocycles. The molecule has 0 aliphatic carbocycles. The van der Waals surface area contributed by atoms with E-state index in [0.29, 0.717) is 5.69 Å². The smallest absolute Gasteiger partial charge is 0.247 e. The zero-order chi connectivity index (χ0) is 15.5. The van der Waals surface area contributed by atoms with Crippen molar-refractivity contribution in [2.75, 3.05) is 5.32 Å². The summed E-state index contributed by atoms with van der Waals surface area (Å²) in [6, 6.07) is 1.27. The lowest BCUT2D eigenvalue weighted by Gasteiger charge is -2.30. The van der Waals surface area contributed by atoms with Crippen molar-refractivity contribution in [2.24, 2.45) is 5.41 Å². The Morgan fingerprint density at radius 3 is 2.30 bits per heavy atom. The molecular weight excluding hydrogens is 254 g/mol. The second-order valence-electron chi connectivity index (χ2n) is 6.12. The second kappa shape index (κ2) is 6.03. The van der Waals surface area contributed by atoms with Gasteiger partial charge in [-0.25, -0.2) is 0 Å². The monoisotopic (exact) mass is 277 g/mol. The predicted octanol–water partition coefficient (Wildman–Crippen LogP) is 2.19. The van der Waals surface area contributed by atoms with E-state index in [-0.39, 0.29) is 17.2 Å². The van der Waals surface area contributed by atoms with Crippen LogP contribution in [0, 0.1) is 19.3 Å². The fraction of sp³-hybridized carbons (Fsp3) is 0.533. The average Bonchev–Trinajstić information content (AvgIpc) is 2.29. The van der Waals surface area contributed by atoms with Gasteiger partial charge in [0.2, 0.25) is 11.8 Å². The number of nitrogens with one attached hydrogen (secondary N) is 2. The topological polar surface area (TPSA) is 71.1 Å². The van der Waals surface area contributed by atoms with Crippen molar-refractivity contribution in [3.63, 3.8) is 0 Å². The van der Waals surface area contributed by atoms with Crippen LogP contribution in [0.3, 0.4) is 0 Å². The highest BCUT2D eigenvalue weighted by atomic mass is 16.2. The van der Waals surface area contributed by atoms with Crippen molar-refractivity contribution < 1.29 is 9.59 Å². The molecule has 0 radical (unpaired) electrons. The van der Waals surface area contributed by atoms with Crippen molar-refractivity contribution in [3.8, 4) is 0 Å². The highest BCUT2D eigenvalue weighted by molar-refractivity contribution is 5.97.